The lowest BCUT2D eigenvalue weighted by atomic mass is 10.1. The second kappa shape index (κ2) is 9.33. The fraction of sp³-hybridized carbons (Fsp3) is 0.381. The van der Waals surface area contributed by atoms with E-state index >= 15 is 0 Å². The molecule has 3 nitrogen and oxygen atoms in total. The molecule has 1 heterocycles. The largest absolute Gasteiger partial charge is 0.325 e. The van der Waals surface area contributed by atoms with Gasteiger partial charge in [0.15, 0.2) is 0 Å². The Morgan fingerprint density at radius 2 is 2.00 bits per heavy atom. The lowest BCUT2D eigenvalue weighted by Gasteiger charge is -2.30. The molecule has 2 aromatic rings. The van der Waals surface area contributed by atoms with Gasteiger partial charge in [0.2, 0.25) is 5.91 Å². The van der Waals surface area contributed by atoms with Crippen molar-refractivity contribution in [3.05, 3.63) is 69.7 Å². The van der Waals surface area contributed by atoms with Crippen LogP contribution in [0.1, 0.15) is 30.3 Å². The van der Waals surface area contributed by atoms with Crippen LogP contribution in [0.2, 0.25) is 10.0 Å². The first-order chi connectivity index (χ1) is 13.0. The van der Waals surface area contributed by atoms with E-state index in [4.69, 9.17) is 23.2 Å². The Balaban J connectivity index is 1.72. The van der Waals surface area contributed by atoms with Gasteiger partial charge in [-0.25, -0.2) is 0 Å². The number of amides is 1. The van der Waals surface area contributed by atoms with Gasteiger partial charge >= 0.3 is 0 Å². The highest BCUT2D eigenvalue weighted by Gasteiger charge is 2.32. The van der Waals surface area contributed by atoms with E-state index in [1.165, 1.54) is 0 Å². The second-order valence-corrected chi connectivity index (χ2v) is 8.99. The first-order valence-electron chi connectivity index (χ1n) is 9.09. The van der Waals surface area contributed by atoms with Crippen LogP contribution in [0.4, 0.5) is 0 Å². The molecule has 1 aliphatic rings. The lowest BCUT2D eigenvalue weighted by Crippen LogP contribution is -2.42. The highest BCUT2D eigenvalue weighted by molar-refractivity contribution is 7.99. The molecule has 0 N–H and O–H groups in total. The third kappa shape index (κ3) is 5.20. The van der Waals surface area contributed by atoms with E-state index < -0.39 is 0 Å². The first kappa shape index (κ1) is 20.5. The van der Waals surface area contributed by atoms with Crippen molar-refractivity contribution in [1.82, 2.24) is 9.80 Å². The Kier molecular flexibility index (Phi) is 7.10. The van der Waals surface area contributed by atoms with Gasteiger partial charge < -0.3 is 4.90 Å². The minimum absolute atomic E-state index is 0.00798. The summed E-state index contributed by atoms with van der Waals surface area (Å²) in [6.45, 7) is 6.06. The third-order valence-corrected chi connectivity index (χ3v) is 6.55. The van der Waals surface area contributed by atoms with E-state index in [9.17, 15) is 4.79 Å². The third-order valence-electron chi connectivity index (χ3n) is 4.73. The van der Waals surface area contributed by atoms with E-state index in [0.29, 0.717) is 18.1 Å². The summed E-state index contributed by atoms with van der Waals surface area (Å²) in [4.78, 5) is 17.3. The van der Waals surface area contributed by atoms with E-state index in [0.717, 1.165) is 28.4 Å². The molecule has 1 fully saturated rings. The summed E-state index contributed by atoms with van der Waals surface area (Å²) in [6, 6.07) is 15.9. The van der Waals surface area contributed by atoms with E-state index in [1.54, 1.807) is 11.8 Å². The quantitative estimate of drug-likeness (QED) is 0.615. The normalized spacial score (nSPS) is 17.1. The molecule has 27 heavy (non-hydrogen) atoms. The number of benzene rings is 2. The molecular formula is C21H24Cl2N2OS. The summed E-state index contributed by atoms with van der Waals surface area (Å²) in [5.41, 5.74) is 2.13. The molecule has 144 valence electrons. The summed E-state index contributed by atoms with van der Waals surface area (Å²) < 4.78 is 0. The van der Waals surface area contributed by atoms with Crippen LogP contribution < -0.4 is 0 Å². The molecule has 2 aromatic carbocycles. The number of thioether (sulfide) groups is 1. The average Bonchev–Trinajstić information content (AvgIpc) is 3.11. The summed E-state index contributed by atoms with van der Waals surface area (Å²) in [7, 11) is 0. The van der Waals surface area contributed by atoms with Gasteiger partial charge in [0.1, 0.15) is 5.37 Å². The Morgan fingerprint density at radius 1 is 1.22 bits per heavy atom. The molecule has 0 aromatic heterocycles. The van der Waals surface area contributed by atoms with Gasteiger partial charge in [-0.1, -0.05) is 53.5 Å². The van der Waals surface area contributed by atoms with E-state index in [-0.39, 0.29) is 17.3 Å². The van der Waals surface area contributed by atoms with Crippen LogP contribution in [0, 0.1) is 0 Å². The predicted molar refractivity (Wildman–Crippen MR) is 115 cm³/mol. The summed E-state index contributed by atoms with van der Waals surface area (Å²) >= 11 is 14.3. The molecular weight excluding hydrogens is 399 g/mol. The van der Waals surface area contributed by atoms with Crippen LogP contribution in [-0.2, 0) is 11.3 Å². The maximum absolute atomic E-state index is 13.1. The highest BCUT2D eigenvalue weighted by Crippen LogP contribution is 2.40. The number of carbonyl (C=O) groups excluding carboxylic acids is 1. The zero-order chi connectivity index (χ0) is 19.4. The molecule has 1 atom stereocenters. The van der Waals surface area contributed by atoms with Crippen molar-refractivity contribution in [3.8, 4) is 0 Å². The van der Waals surface area contributed by atoms with Crippen molar-refractivity contribution >= 4 is 40.9 Å². The molecule has 1 aliphatic heterocycles. The zero-order valence-electron chi connectivity index (χ0n) is 15.6. The molecule has 0 spiro atoms. The van der Waals surface area contributed by atoms with Crippen molar-refractivity contribution in [2.75, 3.05) is 18.8 Å². The highest BCUT2D eigenvalue weighted by atomic mass is 35.5. The van der Waals surface area contributed by atoms with Gasteiger partial charge in [-0.15, -0.1) is 11.8 Å². The first-order valence-corrected chi connectivity index (χ1v) is 10.9. The Morgan fingerprint density at radius 3 is 2.70 bits per heavy atom. The van der Waals surface area contributed by atoms with Crippen molar-refractivity contribution in [1.29, 1.82) is 0 Å². The molecule has 6 heteroatoms. The predicted octanol–water partition coefficient (Wildman–Crippen LogP) is 5.48. The van der Waals surface area contributed by atoms with Gasteiger partial charge in [0, 0.05) is 40.5 Å². The van der Waals surface area contributed by atoms with Crippen molar-refractivity contribution in [3.63, 3.8) is 0 Å². The van der Waals surface area contributed by atoms with Gasteiger partial charge in [-0.05, 0) is 37.6 Å². The van der Waals surface area contributed by atoms with Crippen LogP contribution in [0.3, 0.4) is 0 Å². The molecule has 0 bridgehead atoms. The van der Waals surface area contributed by atoms with E-state index in [2.05, 4.69) is 18.7 Å². The number of rotatable bonds is 6. The molecule has 0 saturated carbocycles. The fourth-order valence-corrected chi connectivity index (χ4v) is 5.04. The molecule has 0 aliphatic carbocycles. The number of hydrogen-bond acceptors (Lipinski definition) is 3. The Labute approximate surface area is 175 Å². The molecule has 1 saturated heterocycles. The Bertz CT molecular complexity index is 799. The summed E-state index contributed by atoms with van der Waals surface area (Å²) in [5, 5.41) is 1.43. The van der Waals surface area contributed by atoms with Crippen LogP contribution in [0.25, 0.3) is 0 Å². The molecule has 0 unspecified atom stereocenters. The zero-order valence-corrected chi connectivity index (χ0v) is 17.9. The van der Waals surface area contributed by atoms with Gasteiger partial charge in [-0.2, -0.15) is 0 Å². The average molecular weight is 423 g/mol. The maximum atomic E-state index is 13.1. The molecule has 0 radical (unpaired) electrons. The number of carbonyl (C=O) groups is 1. The van der Waals surface area contributed by atoms with Crippen molar-refractivity contribution < 1.29 is 4.79 Å². The summed E-state index contributed by atoms with van der Waals surface area (Å²) in [6.07, 6.45) is 0. The lowest BCUT2D eigenvalue weighted by molar-refractivity contribution is -0.133. The number of hydrogen-bond donors (Lipinski definition) is 0. The van der Waals surface area contributed by atoms with Crippen LogP contribution >= 0.6 is 35.0 Å². The summed E-state index contributed by atoms with van der Waals surface area (Å²) in [5.74, 6) is 1.07. The Hall–Kier alpha value is -1.20. The molecule has 1 amide bonds. The minimum Gasteiger partial charge on any atom is -0.325 e. The van der Waals surface area contributed by atoms with Crippen molar-refractivity contribution in [2.24, 2.45) is 0 Å². The molecule has 3 rings (SSSR count). The topological polar surface area (TPSA) is 23.6 Å². The second-order valence-electron chi connectivity index (χ2n) is 6.96. The maximum Gasteiger partial charge on any atom is 0.237 e. The van der Waals surface area contributed by atoms with Gasteiger partial charge in [0.25, 0.3) is 0 Å². The van der Waals surface area contributed by atoms with Crippen LogP contribution in [-0.4, -0.2) is 40.6 Å². The number of halogens is 2. The minimum atomic E-state index is -0.00798. The SMILES string of the molecule is CC(C)N(CC(=O)N1CCS[C@@H]1c1ccccc1Cl)Cc1cccc(Cl)c1. The van der Waals surface area contributed by atoms with E-state index in [1.807, 2.05) is 53.4 Å². The fourth-order valence-electron chi connectivity index (χ4n) is 3.21. The monoisotopic (exact) mass is 422 g/mol. The van der Waals surface area contributed by atoms with Crippen LogP contribution in [0.15, 0.2) is 48.5 Å². The van der Waals surface area contributed by atoms with Crippen LogP contribution in [0.5, 0.6) is 0 Å². The number of nitrogens with zero attached hydrogens (tertiary/aromatic N) is 2. The van der Waals surface area contributed by atoms with Gasteiger partial charge in [0.05, 0.1) is 6.54 Å². The smallest absolute Gasteiger partial charge is 0.237 e. The van der Waals surface area contributed by atoms with Crippen molar-refractivity contribution in [2.45, 2.75) is 31.8 Å². The van der Waals surface area contributed by atoms with Gasteiger partial charge in [-0.3, -0.25) is 9.69 Å². The standard InChI is InChI=1S/C21H24Cl2N2OS/c1-15(2)24(13-16-6-5-7-17(22)12-16)14-20(26)25-10-11-27-21(25)18-8-3-4-9-19(18)23/h3-9,12,15,21H,10-11,13-14H2,1-2H3/t21-/m1/s1.